The number of thioether (sulfide) groups is 1. The Balaban J connectivity index is 1.53. The standard InChI is InChI=1S/C13H17N5OS2/c1-9-5-6-20-11(9)7-17(2)12(19)8-21-13-14-15-16-18(13)10-3-4-10/h5-6,10H,3-4,7-8H2,1-2H3. The van der Waals surface area contributed by atoms with Gasteiger partial charge in [0.2, 0.25) is 11.1 Å². The van der Waals surface area contributed by atoms with Gasteiger partial charge in [0.05, 0.1) is 18.3 Å². The van der Waals surface area contributed by atoms with Gasteiger partial charge in [0.15, 0.2) is 0 Å². The Kier molecular flexibility index (Phi) is 4.25. The topological polar surface area (TPSA) is 63.9 Å². The van der Waals surface area contributed by atoms with Crippen LogP contribution in [0.5, 0.6) is 0 Å². The van der Waals surface area contributed by atoms with Crippen molar-refractivity contribution in [1.29, 1.82) is 0 Å². The summed E-state index contributed by atoms with van der Waals surface area (Å²) >= 11 is 3.10. The normalized spacial score (nSPS) is 14.4. The number of aromatic nitrogens is 4. The molecule has 2 aromatic rings. The number of tetrazole rings is 1. The zero-order chi connectivity index (χ0) is 14.8. The minimum atomic E-state index is 0.0955. The predicted molar refractivity (Wildman–Crippen MR) is 82.3 cm³/mol. The Hall–Kier alpha value is -1.41. The van der Waals surface area contributed by atoms with E-state index in [1.165, 1.54) is 22.2 Å². The molecule has 1 aliphatic rings. The van der Waals surface area contributed by atoms with Gasteiger partial charge in [0.1, 0.15) is 0 Å². The molecule has 0 unspecified atom stereocenters. The molecule has 2 aromatic heterocycles. The van der Waals surface area contributed by atoms with Crippen molar-refractivity contribution in [3.8, 4) is 0 Å². The van der Waals surface area contributed by atoms with Gasteiger partial charge in [-0.15, -0.1) is 16.4 Å². The second-order valence-electron chi connectivity index (χ2n) is 5.20. The molecule has 21 heavy (non-hydrogen) atoms. The van der Waals surface area contributed by atoms with Crippen LogP contribution in [0.25, 0.3) is 0 Å². The third kappa shape index (κ3) is 3.44. The first-order valence-corrected chi connectivity index (χ1v) is 8.69. The molecule has 6 nitrogen and oxygen atoms in total. The van der Waals surface area contributed by atoms with Crippen LogP contribution in [-0.4, -0.2) is 43.8 Å². The quantitative estimate of drug-likeness (QED) is 0.762. The van der Waals surface area contributed by atoms with Gasteiger partial charge in [-0.1, -0.05) is 11.8 Å². The van der Waals surface area contributed by atoms with Crippen molar-refractivity contribution < 1.29 is 4.79 Å². The number of thiophene rings is 1. The Morgan fingerprint density at radius 1 is 1.57 bits per heavy atom. The second-order valence-corrected chi connectivity index (χ2v) is 7.15. The summed E-state index contributed by atoms with van der Waals surface area (Å²) in [6.07, 6.45) is 2.26. The molecular weight excluding hydrogens is 306 g/mol. The van der Waals surface area contributed by atoms with Crippen LogP contribution >= 0.6 is 23.1 Å². The lowest BCUT2D eigenvalue weighted by Gasteiger charge is -2.16. The fraction of sp³-hybridized carbons (Fsp3) is 0.538. The molecule has 0 spiro atoms. The summed E-state index contributed by atoms with van der Waals surface area (Å²) in [7, 11) is 1.84. The third-order valence-corrected chi connectivity index (χ3v) is 5.38. The van der Waals surface area contributed by atoms with E-state index in [2.05, 4.69) is 33.9 Å². The molecule has 0 N–H and O–H groups in total. The van der Waals surface area contributed by atoms with Crippen molar-refractivity contribution >= 4 is 29.0 Å². The van der Waals surface area contributed by atoms with Gasteiger partial charge in [-0.2, -0.15) is 0 Å². The van der Waals surface area contributed by atoms with E-state index in [0.717, 1.165) is 18.0 Å². The molecule has 112 valence electrons. The summed E-state index contributed by atoms with van der Waals surface area (Å²) in [6.45, 7) is 2.74. The van der Waals surface area contributed by atoms with E-state index < -0.39 is 0 Å². The molecule has 0 radical (unpaired) electrons. The van der Waals surface area contributed by atoms with Gasteiger partial charge in [0, 0.05) is 11.9 Å². The number of amides is 1. The molecular formula is C13H17N5OS2. The Bertz CT molecular complexity index is 634. The fourth-order valence-electron chi connectivity index (χ4n) is 1.93. The van der Waals surface area contributed by atoms with E-state index in [1.807, 2.05) is 11.7 Å². The summed E-state index contributed by atoms with van der Waals surface area (Å²) in [4.78, 5) is 15.2. The van der Waals surface area contributed by atoms with Gasteiger partial charge in [-0.05, 0) is 47.2 Å². The van der Waals surface area contributed by atoms with Crippen LogP contribution in [0.15, 0.2) is 16.6 Å². The van der Waals surface area contributed by atoms with Crippen LogP contribution in [0, 0.1) is 6.92 Å². The zero-order valence-electron chi connectivity index (χ0n) is 12.0. The molecule has 1 amide bonds. The van der Waals surface area contributed by atoms with Gasteiger partial charge >= 0.3 is 0 Å². The summed E-state index contributed by atoms with van der Waals surface area (Å²) in [5.74, 6) is 0.465. The van der Waals surface area contributed by atoms with Gasteiger partial charge < -0.3 is 4.90 Å². The van der Waals surface area contributed by atoms with E-state index in [4.69, 9.17) is 0 Å². The zero-order valence-corrected chi connectivity index (χ0v) is 13.7. The predicted octanol–water partition coefficient (Wildman–Crippen LogP) is 2.13. The first-order valence-electron chi connectivity index (χ1n) is 6.82. The average molecular weight is 323 g/mol. The first-order chi connectivity index (χ1) is 10.1. The number of rotatable bonds is 6. The highest BCUT2D eigenvalue weighted by Crippen LogP contribution is 2.36. The van der Waals surface area contributed by atoms with Crippen LogP contribution in [0.2, 0.25) is 0 Å². The van der Waals surface area contributed by atoms with Crippen molar-refractivity contribution in [2.75, 3.05) is 12.8 Å². The molecule has 0 aromatic carbocycles. The van der Waals surface area contributed by atoms with Gasteiger partial charge in [0.25, 0.3) is 0 Å². The Morgan fingerprint density at radius 3 is 3.05 bits per heavy atom. The average Bonchev–Trinajstić information content (AvgIpc) is 3.08. The molecule has 1 aliphatic carbocycles. The summed E-state index contributed by atoms with van der Waals surface area (Å²) in [5, 5.41) is 14.5. The number of carbonyl (C=O) groups excluding carboxylic acids is 1. The molecule has 0 bridgehead atoms. The van der Waals surface area contributed by atoms with E-state index >= 15 is 0 Å². The number of aryl methyl sites for hydroxylation is 1. The highest BCUT2D eigenvalue weighted by molar-refractivity contribution is 7.99. The summed E-state index contributed by atoms with van der Waals surface area (Å²) < 4.78 is 1.83. The maximum absolute atomic E-state index is 12.2. The number of carbonyl (C=O) groups is 1. The third-order valence-electron chi connectivity index (χ3n) is 3.45. The van der Waals surface area contributed by atoms with Crippen molar-refractivity contribution in [3.63, 3.8) is 0 Å². The smallest absolute Gasteiger partial charge is 0.233 e. The SMILES string of the molecule is Cc1ccsc1CN(C)C(=O)CSc1nnnn1C1CC1. The van der Waals surface area contributed by atoms with Crippen LogP contribution in [0.3, 0.4) is 0 Å². The van der Waals surface area contributed by atoms with Gasteiger partial charge in [-0.25, -0.2) is 4.68 Å². The molecule has 0 aliphatic heterocycles. The lowest BCUT2D eigenvalue weighted by Crippen LogP contribution is -2.27. The van der Waals surface area contributed by atoms with Crippen LogP contribution in [0.1, 0.15) is 29.3 Å². The van der Waals surface area contributed by atoms with Crippen molar-refractivity contribution in [2.45, 2.75) is 37.5 Å². The van der Waals surface area contributed by atoms with Crippen LogP contribution in [-0.2, 0) is 11.3 Å². The van der Waals surface area contributed by atoms with E-state index in [-0.39, 0.29) is 5.91 Å². The summed E-state index contributed by atoms with van der Waals surface area (Å²) in [5.41, 5.74) is 1.24. The largest absolute Gasteiger partial charge is 0.340 e. The summed E-state index contributed by atoms with van der Waals surface area (Å²) in [6, 6.07) is 2.51. The van der Waals surface area contributed by atoms with Crippen LogP contribution < -0.4 is 0 Å². The molecule has 1 saturated carbocycles. The van der Waals surface area contributed by atoms with E-state index in [1.54, 1.807) is 16.2 Å². The van der Waals surface area contributed by atoms with Crippen molar-refractivity contribution in [3.05, 3.63) is 21.9 Å². The second kappa shape index (κ2) is 6.15. The van der Waals surface area contributed by atoms with E-state index in [0.29, 0.717) is 18.3 Å². The fourth-order valence-corrected chi connectivity index (χ4v) is 3.78. The molecule has 3 rings (SSSR count). The molecule has 0 saturated heterocycles. The first kappa shape index (κ1) is 14.5. The molecule has 1 fully saturated rings. The minimum absolute atomic E-state index is 0.0955. The lowest BCUT2D eigenvalue weighted by molar-refractivity contribution is -0.127. The highest BCUT2D eigenvalue weighted by Gasteiger charge is 2.28. The lowest BCUT2D eigenvalue weighted by atomic mass is 10.3. The Labute approximate surface area is 131 Å². The maximum Gasteiger partial charge on any atom is 0.233 e. The Morgan fingerprint density at radius 2 is 2.38 bits per heavy atom. The number of hydrogen-bond acceptors (Lipinski definition) is 6. The van der Waals surface area contributed by atoms with Crippen molar-refractivity contribution in [2.24, 2.45) is 0 Å². The molecule has 2 heterocycles. The number of hydrogen-bond donors (Lipinski definition) is 0. The molecule has 0 atom stereocenters. The number of nitrogens with zero attached hydrogens (tertiary/aromatic N) is 5. The molecule has 8 heteroatoms. The van der Waals surface area contributed by atoms with E-state index in [9.17, 15) is 4.79 Å². The minimum Gasteiger partial charge on any atom is -0.340 e. The highest BCUT2D eigenvalue weighted by atomic mass is 32.2. The maximum atomic E-state index is 12.2. The van der Waals surface area contributed by atoms with Crippen molar-refractivity contribution in [1.82, 2.24) is 25.1 Å². The monoisotopic (exact) mass is 323 g/mol. The van der Waals surface area contributed by atoms with Gasteiger partial charge in [-0.3, -0.25) is 4.79 Å². The van der Waals surface area contributed by atoms with Crippen LogP contribution in [0.4, 0.5) is 0 Å².